The fourth-order valence-electron chi connectivity index (χ4n) is 2.39. The van der Waals surface area contributed by atoms with Crippen LogP contribution in [0.3, 0.4) is 0 Å². The van der Waals surface area contributed by atoms with Gasteiger partial charge >= 0.3 is 6.18 Å². The largest absolute Gasteiger partial charge is 0.475 e. The molecule has 3 rings (SSSR count). The van der Waals surface area contributed by atoms with Crippen molar-refractivity contribution in [3.8, 4) is 5.88 Å². The average Bonchev–Trinajstić information content (AvgIpc) is 2.65. The minimum Gasteiger partial charge on any atom is -0.475 e. The van der Waals surface area contributed by atoms with Crippen molar-refractivity contribution in [2.45, 2.75) is 25.6 Å². The average molecular weight is 362 g/mol. The molecule has 26 heavy (non-hydrogen) atoms. The second kappa shape index (κ2) is 7.55. The quantitative estimate of drug-likeness (QED) is 0.708. The van der Waals surface area contributed by atoms with Crippen LogP contribution in [0.15, 0.2) is 48.9 Å². The van der Waals surface area contributed by atoms with Crippen LogP contribution in [0, 0.1) is 0 Å². The second-order valence-electron chi connectivity index (χ2n) is 5.68. The van der Waals surface area contributed by atoms with E-state index < -0.39 is 11.7 Å². The van der Waals surface area contributed by atoms with Crippen LogP contribution in [0.4, 0.5) is 19.0 Å². The van der Waals surface area contributed by atoms with E-state index >= 15 is 0 Å². The van der Waals surface area contributed by atoms with Crippen molar-refractivity contribution >= 4 is 16.7 Å². The summed E-state index contributed by atoms with van der Waals surface area (Å²) in [5.41, 5.74) is 0.0210. The molecule has 0 bridgehead atoms. The van der Waals surface area contributed by atoms with Crippen molar-refractivity contribution in [2.24, 2.45) is 0 Å². The molecule has 0 aliphatic heterocycles. The molecule has 1 atom stereocenters. The van der Waals surface area contributed by atoms with Gasteiger partial charge in [0.05, 0.1) is 17.1 Å². The number of hydrogen-bond acceptors (Lipinski definition) is 5. The Bertz CT molecular complexity index is 863. The Balaban J connectivity index is 1.66. The summed E-state index contributed by atoms with van der Waals surface area (Å²) in [6.45, 7) is 2.22. The minimum atomic E-state index is -4.41. The van der Waals surface area contributed by atoms with Gasteiger partial charge in [-0.1, -0.05) is 19.1 Å². The fraction of sp³-hybridized carbons (Fsp3) is 0.278. The molecule has 8 heteroatoms. The summed E-state index contributed by atoms with van der Waals surface area (Å²) >= 11 is 0. The van der Waals surface area contributed by atoms with Crippen LogP contribution in [0.5, 0.6) is 5.88 Å². The number of nitrogens with zero attached hydrogens (tertiary/aromatic N) is 3. The van der Waals surface area contributed by atoms with Gasteiger partial charge in [-0.2, -0.15) is 13.2 Å². The number of anilines is 1. The lowest BCUT2D eigenvalue weighted by atomic mass is 10.2. The predicted octanol–water partition coefficient (Wildman–Crippen LogP) is 4.31. The van der Waals surface area contributed by atoms with Gasteiger partial charge in [0.1, 0.15) is 18.8 Å². The van der Waals surface area contributed by atoms with Crippen molar-refractivity contribution in [1.29, 1.82) is 0 Å². The van der Waals surface area contributed by atoms with Crippen molar-refractivity contribution in [1.82, 2.24) is 15.0 Å². The van der Waals surface area contributed by atoms with Gasteiger partial charge in [-0.25, -0.2) is 15.0 Å². The van der Waals surface area contributed by atoms with Crippen LogP contribution >= 0.6 is 0 Å². The second-order valence-corrected chi connectivity index (χ2v) is 5.68. The number of benzene rings is 1. The summed E-state index contributed by atoms with van der Waals surface area (Å²) in [6, 6.07) is 9.70. The molecular weight excluding hydrogens is 345 g/mol. The third-order valence-corrected chi connectivity index (χ3v) is 3.87. The van der Waals surface area contributed by atoms with Crippen LogP contribution in [0.25, 0.3) is 10.9 Å². The van der Waals surface area contributed by atoms with Gasteiger partial charge in [0.25, 0.3) is 0 Å². The number of aromatic nitrogens is 3. The van der Waals surface area contributed by atoms with Crippen LogP contribution < -0.4 is 10.1 Å². The number of rotatable bonds is 6. The van der Waals surface area contributed by atoms with E-state index in [4.69, 9.17) is 4.74 Å². The summed E-state index contributed by atoms with van der Waals surface area (Å²) in [5, 5.41) is 4.18. The van der Waals surface area contributed by atoms with Gasteiger partial charge in [0, 0.05) is 17.6 Å². The fourth-order valence-corrected chi connectivity index (χ4v) is 2.39. The first-order valence-corrected chi connectivity index (χ1v) is 8.09. The van der Waals surface area contributed by atoms with E-state index in [2.05, 4.69) is 20.3 Å². The van der Waals surface area contributed by atoms with E-state index in [1.54, 1.807) is 0 Å². The number of alkyl halides is 3. The van der Waals surface area contributed by atoms with Gasteiger partial charge < -0.3 is 10.1 Å². The number of nitrogens with one attached hydrogen (secondary N) is 1. The Kier molecular flexibility index (Phi) is 5.20. The summed E-state index contributed by atoms with van der Waals surface area (Å²) < 4.78 is 43.2. The molecule has 0 amide bonds. The maximum Gasteiger partial charge on any atom is 0.417 e. The number of halogens is 3. The van der Waals surface area contributed by atoms with Gasteiger partial charge in [-0.15, -0.1) is 0 Å². The summed E-state index contributed by atoms with van der Waals surface area (Å²) in [4.78, 5) is 12.2. The van der Waals surface area contributed by atoms with Crippen molar-refractivity contribution in [3.05, 3.63) is 54.5 Å². The Hall–Kier alpha value is -2.90. The summed E-state index contributed by atoms with van der Waals surface area (Å²) in [5.74, 6) is 0.831. The molecule has 0 fully saturated rings. The lowest BCUT2D eigenvalue weighted by Crippen LogP contribution is -2.27. The number of fused-ring (bicyclic) bond motifs is 1. The highest BCUT2D eigenvalue weighted by Gasteiger charge is 2.30. The molecule has 5 nitrogen and oxygen atoms in total. The number of pyridine rings is 1. The maximum absolute atomic E-state index is 12.6. The molecule has 0 aliphatic carbocycles. The molecule has 0 aliphatic rings. The molecule has 0 spiro atoms. The highest BCUT2D eigenvalue weighted by Crippen LogP contribution is 2.29. The molecule has 136 valence electrons. The first kappa shape index (κ1) is 17.9. The highest BCUT2D eigenvalue weighted by molar-refractivity contribution is 5.88. The zero-order chi connectivity index (χ0) is 18.6. The van der Waals surface area contributed by atoms with Gasteiger partial charge in [0.2, 0.25) is 5.88 Å². The third kappa shape index (κ3) is 4.19. The lowest BCUT2D eigenvalue weighted by Gasteiger charge is -2.19. The molecule has 0 unspecified atom stereocenters. The first-order valence-electron chi connectivity index (χ1n) is 8.09. The Morgan fingerprint density at radius 2 is 1.88 bits per heavy atom. The molecular formula is C18H17F3N4O. The molecule has 0 radical (unpaired) electrons. The topological polar surface area (TPSA) is 59.9 Å². The van der Waals surface area contributed by atoms with E-state index in [9.17, 15) is 13.2 Å². The number of ether oxygens (including phenoxy) is 1. The zero-order valence-corrected chi connectivity index (χ0v) is 14.0. The molecule has 2 aromatic heterocycles. The van der Waals surface area contributed by atoms with Crippen molar-refractivity contribution in [3.63, 3.8) is 0 Å². The van der Waals surface area contributed by atoms with Crippen molar-refractivity contribution in [2.75, 3.05) is 11.9 Å². The number of para-hydroxylation sites is 1. The normalized spacial score (nSPS) is 12.8. The third-order valence-electron chi connectivity index (χ3n) is 3.87. The van der Waals surface area contributed by atoms with E-state index in [1.807, 2.05) is 31.2 Å². The van der Waals surface area contributed by atoms with Crippen LogP contribution in [0.1, 0.15) is 18.9 Å². The van der Waals surface area contributed by atoms with Crippen molar-refractivity contribution < 1.29 is 17.9 Å². The molecule has 0 saturated heterocycles. The van der Waals surface area contributed by atoms with Gasteiger partial charge in [-0.3, -0.25) is 0 Å². The summed E-state index contributed by atoms with van der Waals surface area (Å²) in [7, 11) is 0. The highest BCUT2D eigenvalue weighted by atomic mass is 19.4. The molecule has 1 N–H and O–H groups in total. The van der Waals surface area contributed by atoms with Crippen LogP contribution in [-0.4, -0.2) is 27.6 Å². The minimum absolute atomic E-state index is 0.0857. The SMILES string of the molecule is CC[C@@H](COc1ccc(C(F)(F)F)cn1)Nc1ncnc2ccccc12. The molecule has 1 aromatic carbocycles. The predicted molar refractivity (Wildman–Crippen MR) is 92.0 cm³/mol. The monoisotopic (exact) mass is 362 g/mol. The van der Waals surface area contributed by atoms with E-state index in [1.165, 1.54) is 12.4 Å². The maximum atomic E-state index is 12.6. The Labute approximate surface area is 148 Å². The van der Waals surface area contributed by atoms with Crippen LogP contribution in [0.2, 0.25) is 0 Å². The zero-order valence-electron chi connectivity index (χ0n) is 14.0. The van der Waals surface area contributed by atoms with Gasteiger partial charge in [0.15, 0.2) is 0 Å². The van der Waals surface area contributed by atoms with E-state index in [0.717, 1.165) is 29.6 Å². The molecule has 3 aromatic rings. The molecule has 2 heterocycles. The van der Waals surface area contributed by atoms with E-state index in [0.29, 0.717) is 5.82 Å². The molecule has 0 saturated carbocycles. The smallest absolute Gasteiger partial charge is 0.417 e. The first-order chi connectivity index (χ1) is 12.5. The Morgan fingerprint density at radius 1 is 1.08 bits per heavy atom. The number of hydrogen-bond donors (Lipinski definition) is 1. The summed E-state index contributed by atoms with van der Waals surface area (Å²) in [6.07, 6.45) is -1.43. The van der Waals surface area contributed by atoms with Crippen LogP contribution in [-0.2, 0) is 6.18 Å². The van der Waals surface area contributed by atoms with Gasteiger partial charge in [-0.05, 0) is 24.6 Å². The lowest BCUT2D eigenvalue weighted by molar-refractivity contribution is -0.137. The Morgan fingerprint density at radius 3 is 2.58 bits per heavy atom. The van der Waals surface area contributed by atoms with E-state index in [-0.39, 0.29) is 18.5 Å². The standard InChI is InChI=1S/C18H17F3N4O/c1-2-13(10-26-16-8-7-12(9-22-16)18(19,20)21)25-17-14-5-3-4-6-15(14)23-11-24-17/h3-9,11,13H,2,10H2,1H3,(H,23,24,25)/t13-/m0/s1.